The highest BCUT2D eigenvalue weighted by Gasteiger charge is 2.31. The van der Waals surface area contributed by atoms with E-state index in [1.165, 1.54) is 37.2 Å². The Kier molecular flexibility index (Phi) is 9.29. The first-order chi connectivity index (χ1) is 14.4. The van der Waals surface area contributed by atoms with E-state index in [2.05, 4.69) is 79.4 Å². The van der Waals surface area contributed by atoms with E-state index >= 15 is 0 Å². The number of hydrogen-bond donors (Lipinski definition) is 2. The lowest BCUT2D eigenvalue weighted by molar-refractivity contribution is -0.134. The number of nitrogens with zero attached hydrogens (tertiary/aromatic N) is 1. The maximum absolute atomic E-state index is 9.55. The third-order valence-electron chi connectivity index (χ3n) is 5.09. The van der Waals surface area contributed by atoms with Crippen LogP contribution in [0, 0.1) is 11.8 Å². The Morgan fingerprint density at radius 2 is 1.40 bits per heavy atom. The maximum atomic E-state index is 9.55. The average Bonchev–Trinajstić information content (AvgIpc) is 3.16. The predicted molar refractivity (Wildman–Crippen MR) is 119 cm³/mol. The number of carboxylic acid groups (broad SMARTS) is 2. The van der Waals surface area contributed by atoms with Gasteiger partial charge in [0.05, 0.1) is 0 Å². The van der Waals surface area contributed by atoms with Crippen LogP contribution < -0.4 is 0 Å². The van der Waals surface area contributed by atoms with Crippen LogP contribution in [-0.4, -0.2) is 46.7 Å². The summed E-state index contributed by atoms with van der Waals surface area (Å²) in [7, 11) is 0. The Hall–Kier alpha value is -2.92. The molecule has 2 aromatic rings. The number of hydrogen-bond acceptors (Lipinski definition) is 3. The molecule has 1 aliphatic heterocycles. The molecular formula is C25H31NO4. The van der Waals surface area contributed by atoms with E-state index in [1.807, 2.05) is 0 Å². The Bertz CT molecular complexity index is 762. The number of likely N-dealkylation sites (tertiary alicyclic amines) is 1. The lowest BCUT2D eigenvalue weighted by atomic mass is 9.80. The molecule has 1 fully saturated rings. The van der Waals surface area contributed by atoms with Gasteiger partial charge in [-0.05, 0) is 35.9 Å². The molecule has 0 radical (unpaired) electrons. The van der Waals surface area contributed by atoms with Crippen LogP contribution in [-0.2, 0) is 9.59 Å². The lowest BCUT2D eigenvalue weighted by Gasteiger charge is -2.26. The third kappa shape index (κ3) is 7.84. The van der Waals surface area contributed by atoms with E-state index < -0.39 is 11.9 Å². The van der Waals surface area contributed by atoms with Gasteiger partial charge in [0.25, 0.3) is 0 Å². The van der Waals surface area contributed by atoms with Crippen molar-refractivity contribution in [2.24, 2.45) is 11.8 Å². The minimum Gasteiger partial charge on any atom is -0.478 e. The van der Waals surface area contributed by atoms with Crippen LogP contribution in [0.2, 0.25) is 0 Å². The summed E-state index contributed by atoms with van der Waals surface area (Å²) in [6.45, 7) is 8.34. The molecule has 0 amide bonds. The summed E-state index contributed by atoms with van der Waals surface area (Å²) in [6, 6.07) is 22.1. The smallest absolute Gasteiger partial charge is 0.328 e. The molecule has 1 aliphatic rings. The Morgan fingerprint density at radius 1 is 0.933 bits per heavy atom. The van der Waals surface area contributed by atoms with Gasteiger partial charge in [-0.3, -0.25) is 0 Å². The Labute approximate surface area is 178 Å². The molecule has 0 saturated carbocycles. The van der Waals surface area contributed by atoms with Crippen molar-refractivity contribution < 1.29 is 19.8 Å². The van der Waals surface area contributed by atoms with Crippen molar-refractivity contribution in [1.29, 1.82) is 0 Å². The molecule has 1 heterocycles. The largest absolute Gasteiger partial charge is 0.478 e. The number of rotatable bonds is 7. The van der Waals surface area contributed by atoms with Gasteiger partial charge in [-0.25, -0.2) is 9.59 Å². The van der Waals surface area contributed by atoms with Gasteiger partial charge in [0.1, 0.15) is 0 Å². The fraction of sp³-hybridized carbons (Fsp3) is 0.360. The third-order valence-corrected chi connectivity index (χ3v) is 5.09. The van der Waals surface area contributed by atoms with Crippen LogP contribution in [0.25, 0.3) is 0 Å². The van der Waals surface area contributed by atoms with Crippen molar-refractivity contribution in [1.82, 2.24) is 4.90 Å². The molecule has 30 heavy (non-hydrogen) atoms. The SMILES string of the molecule is CC(C)CN1CCC(C(c2ccccc2)c2ccccc2)C1.O=C(O)/C=C\C(=O)O. The van der Waals surface area contributed by atoms with Crippen molar-refractivity contribution in [3.05, 3.63) is 83.9 Å². The van der Waals surface area contributed by atoms with Crippen LogP contribution in [0.5, 0.6) is 0 Å². The molecule has 3 rings (SSSR count). The van der Waals surface area contributed by atoms with E-state index in [9.17, 15) is 9.59 Å². The molecular weight excluding hydrogens is 378 g/mol. The standard InChI is InChI=1S/C21H27N.C4H4O4/c1-17(2)15-22-14-13-20(16-22)21(18-9-5-3-6-10-18)19-11-7-4-8-12-19;5-3(6)1-2-4(7)8/h3-12,17,20-21H,13-16H2,1-2H3;1-2H,(H,5,6)(H,7,8)/b;2-1-. The number of carboxylic acids is 2. The second kappa shape index (κ2) is 11.9. The summed E-state index contributed by atoms with van der Waals surface area (Å²) >= 11 is 0. The average molecular weight is 410 g/mol. The molecule has 5 heteroatoms. The highest BCUT2D eigenvalue weighted by molar-refractivity contribution is 5.89. The zero-order chi connectivity index (χ0) is 21.9. The van der Waals surface area contributed by atoms with E-state index in [-0.39, 0.29) is 0 Å². The quantitative estimate of drug-likeness (QED) is 0.658. The number of aliphatic carboxylic acids is 2. The fourth-order valence-corrected chi connectivity index (χ4v) is 4.02. The molecule has 0 aromatic heterocycles. The van der Waals surface area contributed by atoms with Crippen molar-refractivity contribution in [3.63, 3.8) is 0 Å². The summed E-state index contributed by atoms with van der Waals surface area (Å²) < 4.78 is 0. The zero-order valence-corrected chi connectivity index (χ0v) is 17.6. The van der Waals surface area contributed by atoms with E-state index in [0.717, 1.165) is 11.8 Å². The summed E-state index contributed by atoms with van der Waals surface area (Å²) in [6.07, 6.45) is 2.42. The van der Waals surface area contributed by atoms with Gasteiger partial charge in [0.15, 0.2) is 0 Å². The first-order valence-corrected chi connectivity index (χ1v) is 10.3. The number of carbonyl (C=O) groups is 2. The predicted octanol–water partition coefficient (Wildman–Crippen LogP) is 4.51. The monoisotopic (exact) mass is 409 g/mol. The second-order valence-corrected chi connectivity index (χ2v) is 8.01. The van der Waals surface area contributed by atoms with Gasteiger partial charge < -0.3 is 15.1 Å². The molecule has 1 unspecified atom stereocenters. The minimum absolute atomic E-state index is 0.527. The summed E-state index contributed by atoms with van der Waals surface area (Å²) in [5.41, 5.74) is 2.93. The van der Waals surface area contributed by atoms with Gasteiger partial charge in [-0.15, -0.1) is 0 Å². The molecule has 0 spiro atoms. The molecule has 2 aromatic carbocycles. The van der Waals surface area contributed by atoms with Crippen LogP contribution in [0.3, 0.4) is 0 Å². The van der Waals surface area contributed by atoms with Crippen molar-refractivity contribution in [3.8, 4) is 0 Å². The summed E-state index contributed by atoms with van der Waals surface area (Å²) in [4.78, 5) is 21.8. The summed E-state index contributed by atoms with van der Waals surface area (Å²) in [5.74, 6) is -0.506. The Morgan fingerprint density at radius 3 is 1.80 bits per heavy atom. The normalized spacial score (nSPS) is 16.6. The molecule has 160 valence electrons. The second-order valence-electron chi connectivity index (χ2n) is 8.01. The van der Waals surface area contributed by atoms with Crippen LogP contribution in [0.15, 0.2) is 72.8 Å². The van der Waals surface area contributed by atoms with E-state index in [4.69, 9.17) is 10.2 Å². The van der Waals surface area contributed by atoms with Crippen LogP contribution in [0.4, 0.5) is 0 Å². The van der Waals surface area contributed by atoms with Crippen LogP contribution >= 0.6 is 0 Å². The first kappa shape index (κ1) is 23.4. The van der Waals surface area contributed by atoms with E-state index in [1.54, 1.807) is 0 Å². The maximum Gasteiger partial charge on any atom is 0.328 e. The minimum atomic E-state index is -1.26. The highest BCUT2D eigenvalue weighted by Crippen LogP contribution is 2.37. The van der Waals surface area contributed by atoms with Gasteiger partial charge in [0, 0.05) is 31.2 Å². The van der Waals surface area contributed by atoms with Crippen molar-refractivity contribution >= 4 is 11.9 Å². The molecule has 0 bridgehead atoms. The van der Waals surface area contributed by atoms with E-state index in [0.29, 0.717) is 18.1 Å². The number of benzene rings is 2. The Balaban J connectivity index is 0.000000343. The van der Waals surface area contributed by atoms with Gasteiger partial charge in [-0.2, -0.15) is 0 Å². The first-order valence-electron chi connectivity index (χ1n) is 10.3. The summed E-state index contributed by atoms with van der Waals surface area (Å²) in [5, 5.41) is 15.6. The topological polar surface area (TPSA) is 77.8 Å². The highest BCUT2D eigenvalue weighted by atomic mass is 16.4. The fourth-order valence-electron chi connectivity index (χ4n) is 4.02. The van der Waals surface area contributed by atoms with Gasteiger partial charge in [-0.1, -0.05) is 74.5 Å². The molecule has 1 atom stereocenters. The molecule has 5 nitrogen and oxygen atoms in total. The van der Waals surface area contributed by atoms with Gasteiger partial charge >= 0.3 is 11.9 Å². The van der Waals surface area contributed by atoms with Crippen LogP contribution in [0.1, 0.15) is 37.3 Å². The molecule has 1 saturated heterocycles. The van der Waals surface area contributed by atoms with Gasteiger partial charge in [0.2, 0.25) is 0 Å². The van der Waals surface area contributed by atoms with Crippen molar-refractivity contribution in [2.75, 3.05) is 19.6 Å². The molecule has 2 N–H and O–H groups in total. The lowest BCUT2D eigenvalue weighted by Crippen LogP contribution is -2.26. The van der Waals surface area contributed by atoms with Crippen molar-refractivity contribution in [2.45, 2.75) is 26.2 Å². The zero-order valence-electron chi connectivity index (χ0n) is 17.6. The molecule has 0 aliphatic carbocycles.